The van der Waals surface area contributed by atoms with Crippen LogP contribution in [0.5, 0.6) is 5.75 Å². The Labute approximate surface area is 226 Å². The number of piperidine rings is 1. The molecule has 0 radical (unpaired) electrons. The highest BCUT2D eigenvalue weighted by atomic mass is 19.1. The van der Waals surface area contributed by atoms with Crippen LogP contribution in [-0.4, -0.2) is 52.2 Å². The number of carbonyl (C=O) groups is 1. The molecule has 200 valence electrons. The van der Waals surface area contributed by atoms with E-state index in [4.69, 9.17) is 4.74 Å². The average molecular weight is 528 g/mol. The third-order valence-corrected chi connectivity index (χ3v) is 6.44. The summed E-state index contributed by atoms with van der Waals surface area (Å²) in [6.07, 6.45) is 10.0. The third kappa shape index (κ3) is 6.64. The van der Waals surface area contributed by atoms with E-state index in [1.807, 2.05) is 37.3 Å². The minimum Gasteiger partial charge on any atom is -0.489 e. The molecule has 0 atom stereocenters. The summed E-state index contributed by atoms with van der Waals surface area (Å²) in [5.41, 5.74) is 4.18. The van der Waals surface area contributed by atoms with E-state index in [2.05, 4.69) is 35.5 Å². The first-order valence-corrected chi connectivity index (χ1v) is 13.0. The van der Waals surface area contributed by atoms with Crippen LogP contribution in [0, 0.1) is 6.92 Å². The topological polar surface area (TPSA) is 105 Å². The van der Waals surface area contributed by atoms with Crippen LogP contribution in [0.1, 0.15) is 35.2 Å². The molecule has 0 spiro atoms. The number of aryl methyl sites for hydroxylation is 1. The quantitative estimate of drug-likeness (QED) is 0.291. The fraction of sp³-hybridized carbons (Fsp3) is 0.276. The second-order valence-electron chi connectivity index (χ2n) is 9.27. The molecule has 2 N–H and O–H groups in total. The normalized spacial score (nSPS) is 13.1. The number of nitrogens with one attached hydrogen (secondary N) is 2. The zero-order valence-electron chi connectivity index (χ0n) is 21.7. The van der Waals surface area contributed by atoms with Gasteiger partial charge in [-0.3, -0.25) is 9.78 Å². The third-order valence-electron chi connectivity index (χ3n) is 6.44. The number of hydrogen-bond acceptors (Lipinski definition) is 8. The van der Waals surface area contributed by atoms with E-state index in [-0.39, 0.29) is 12.5 Å². The van der Waals surface area contributed by atoms with Crippen molar-refractivity contribution in [3.8, 4) is 17.0 Å². The molecule has 1 aromatic carbocycles. The second-order valence-corrected chi connectivity index (χ2v) is 9.27. The number of aromatic nitrogens is 4. The zero-order valence-corrected chi connectivity index (χ0v) is 21.7. The lowest BCUT2D eigenvalue weighted by atomic mass is 10.1. The minimum atomic E-state index is -0.577. The van der Waals surface area contributed by atoms with Gasteiger partial charge in [0.05, 0.1) is 17.5 Å². The second kappa shape index (κ2) is 12.3. The Morgan fingerprint density at radius 3 is 2.69 bits per heavy atom. The van der Waals surface area contributed by atoms with Crippen LogP contribution in [-0.2, 0) is 0 Å². The molecule has 4 heterocycles. The predicted octanol–water partition coefficient (Wildman–Crippen LogP) is 5.58. The number of nitrogens with zero attached hydrogens (tertiary/aromatic N) is 5. The fourth-order valence-corrected chi connectivity index (χ4v) is 4.36. The molecule has 4 aromatic rings. The van der Waals surface area contributed by atoms with Crippen molar-refractivity contribution in [1.82, 2.24) is 19.9 Å². The van der Waals surface area contributed by atoms with Crippen molar-refractivity contribution in [2.24, 2.45) is 0 Å². The van der Waals surface area contributed by atoms with E-state index in [9.17, 15) is 9.18 Å². The van der Waals surface area contributed by atoms with E-state index in [1.165, 1.54) is 25.5 Å². The number of benzene rings is 1. The van der Waals surface area contributed by atoms with Crippen molar-refractivity contribution in [3.05, 3.63) is 78.4 Å². The fourth-order valence-electron chi connectivity index (χ4n) is 4.36. The molecule has 0 unspecified atom stereocenters. The molecule has 1 fully saturated rings. The largest absolute Gasteiger partial charge is 0.489 e. The molecule has 10 heteroatoms. The number of hydrogen-bond donors (Lipinski definition) is 2. The highest BCUT2D eigenvalue weighted by Crippen LogP contribution is 2.26. The summed E-state index contributed by atoms with van der Waals surface area (Å²) in [5, 5.41) is 6.18. The summed E-state index contributed by atoms with van der Waals surface area (Å²) in [4.78, 5) is 32.8. The number of anilines is 4. The molecule has 1 amide bonds. The van der Waals surface area contributed by atoms with Crippen molar-refractivity contribution in [1.29, 1.82) is 0 Å². The molecular formula is C29H30FN7O2. The van der Waals surface area contributed by atoms with Gasteiger partial charge in [0.1, 0.15) is 24.8 Å². The summed E-state index contributed by atoms with van der Waals surface area (Å²) in [6.45, 7) is 3.35. The number of rotatable bonds is 9. The van der Waals surface area contributed by atoms with Crippen molar-refractivity contribution in [3.63, 3.8) is 0 Å². The maximum atomic E-state index is 12.9. The smallest absolute Gasteiger partial charge is 0.257 e. The Bertz CT molecular complexity index is 1430. The van der Waals surface area contributed by atoms with Gasteiger partial charge < -0.3 is 20.3 Å². The maximum absolute atomic E-state index is 12.9. The van der Waals surface area contributed by atoms with E-state index < -0.39 is 6.67 Å². The Morgan fingerprint density at radius 1 is 1.03 bits per heavy atom. The molecule has 0 saturated carbocycles. The lowest BCUT2D eigenvalue weighted by Crippen LogP contribution is -2.30. The number of ether oxygens (including phenoxy) is 1. The van der Waals surface area contributed by atoms with Gasteiger partial charge in [0.15, 0.2) is 0 Å². The number of pyridine rings is 2. The van der Waals surface area contributed by atoms with Crippen LogP contribution in [0.2, 0.25) is 0 Å². The van der Waals surface area contributed by atoms with Gasteiger partial charge in [-0.15, -0.1) is 0 Å². The molecule has 39 heavy (non-hydrogen) atoms. The Kier molecular flexibility index (Phi) is 8.20. The van der Waals surface area contributed by atoms with Gasteiger partial charge >= 0.3 is 0 Å². The lowest BCUT2D eigenvalue weighted by molar-refractivity contribution is 0.102. The van der Waals surface area contributed by atoms with Gasteiger partial charge in [-0.2, -0.15) is 0 Å². The molecule has 0 aliphatic carbocycles. The van der Waals surface area contributed by atoms with E-state index in [0.29, 0.717) is 28.6 Å². The molecular weight excluding hydrogens is 497 g/mol. The SMILES string of the molecule is Cc1ccc(NC(=O)c2ccc(N3CCCCC3)nc2)cc1Nc1nccc(-c2cncc(OCCF)c2)n1. The van der Waals surface area contributed by atoms with Crippen molar-refractivity contribution < 1.29 is 13.9 Å². The summed E-state index contributed by atoms with van der Waals surface area (Å²) < 4.78 is 17.8. The number of amides is 1. The molecule has 9 nitrogen and oxygen atoms in total. The standard InChI is InChI=1S/C29H30FN7O2/c1-20-5-7-23(34-28(38)21-6-8-27(33-18-21)37-12-3-2-4-13-37)16-26(20)36-29-32-11-9-25(35-29)22-15-24(19-31-17-22)39-14-10-30/h5-9,11,15-19H,2-4,10,12-14H2,1H3,(H,34,38)(H,32,35,36). The van der Waals surface area contributed by atoms with Gasteiger partial charge in [0.2, 0.25) is 5.95 Å². The van der Waals surface area contributed by atoms with Crippen LogP contribution in [0.3, 0.4) is 0 Å². The monoisotopic (exact) mass is 527 g/mol. The Morgan fingerprint density at radius 2 is 1.90 bits per heavy atom. The molecule has 0 bridgehead atoms. The van der Waals surface area contributed by atoms with E-state index in [0.717, 1.165) is 35.7 Å². The van der Waals surface area contributed by atoms with Crippen LogP contribution >= 0.6 is 0 Å². The molecule has 1 saturated heterocycles. The van der Waals surface area contributed by atoms with Crippen molar-refractivity contribution >= 4 is 29.0 Å². The highest BCUT2D eigenvalue weighted by molar-refractivity contribution is 6.04. The number of alkyl halides is 1. The number of carbonyl (C=O) groups excluding carboxylic acids is 1. The molecule has 3 aromatic heterocycles. The van der Waals surface area contributed by atoms with Crippen LogP contribution in [0.15, 0.2) is 67.3 Å². The van der Waals surface area contributed by atoms with Crippen molar-refractivity contribution in [2.45, 2.75) is 26.2 Å². The first-order chi connectivity index (χ1) is 19.1. The summed E-state index contributed by atoms with van der Waals surface area (Å²) >= 11 is 0. The Hall–Kier alpha value is -4.60. The van der Waals surface area contributed by atoms with Gasteiger partial charge in [0.25, 0.3) is 5.91 Å². The predicted molar refractivity (Wildman–Crippen MR) is 149 cm³/mol. The van der Waals surface area contributed by atoms with Crippen molar-refractivity contribution in [2.75, 3.05) is 41.9 Å². The van der Waals surface area contributed by atoms with E-state index in [1.54, 1.807) is 30.7 Å². The van der Waals surface area contributed by atoms with Gasteiger partial charge in [0, 0.05) is 48.6 Å². The van der Waals surface area contributed by atoms with Gasteiger partial charge in [-0.05, 0) is 68.1 Å². The van der Waals surface area contributed by atoms with Gasteiger partial charge in [-0.1, -0.05) is 6.07 Å². The first-order valence-electron chi connectivity index (χ1n) is 13.0. The average Bonchev–Trinajstić information content (AvgIpc) is 2.98. The maximum Gasteiger partial charge on any atom is 0.257 e. The lowest BCUT2D eigenvalue weighted by Gasteiger charge is -2.27. The minimum absolute atomic E-state index is 0.0334. The molecule has 1 aliphatic rings. The van der Waals surface area contributed by atoms with Crippen LogP contribution < -0.4 is 20.3 Å². The van der Waals surface area contributed by atoms with E-state index >= 15 is 0 Å². The molecule has 5 rings (SSSR count). The summed E-state index contributed by atoms with van der Waals surface area (Å²) in [7, 11) is 0. The number of halogens is 1. The highest BCUT2D eigenvalue weighted by Gasteiger charge is 2.14. The zero-order chi connectivity index (χ0) is 27.0. The van der Waals surface area contributed by atoms with Crippen LogP contribution in [0.4, 0.5) is 27.5 Å². The summed E-state index contributed by atoms with van der Waals surface area (Å²) in [5.74, 6) is 1.52. The van der Waals surface area contributed by atoms with Crippen LogP contribution in [0.25, 0.3) is 11.3 Å². The first kappa shape index (κ1) is 26.0. The van der Waals surface area contributed by atoms with Gasteiger partial charge in [-0.25, -0.2) is 19.3 Å². The Balaban J connectivity index is 1.27. The summed E-state index contributed by atoms with van der Waals surface area (Å²) in [6, 6.07) is 12.8. The molecule has 1 aliphatic heterocycles.